The Morgan fingerprint density at radius 3 is 2.96 bits per heavy atom. The summed E-state index contributed by atoms with van der Waals surface area (Å²) in [7, 11) is 0. The molecule has 7 nitrogen and oxygen atoms in total. The number of piperidine rings is 1. The lowest BCUT2D eigenvalue weighted by atomic mass is 9.96. The molecule has 0 bridgehead atoms. The van der Waals surface area contributed by atoms with Gasteiger partial charge in [-0.2, -0.15) is 0 Å². The van der Waals surface area contributed by atoms with E-state index >= 15 is 0 Å². The lowest BCUT2D eigenvalue weighted by molar-refractivity contribution is -0.114. The van der Waals surface area contributed by atoms with E-state index in [2.05, 4.69) is 32.8 Å². The number of carbonyl (C=O) groups is 2. The van der Waals surface area contributed by atoms with Gasteiger partial charge in [-0.15, -0.1) is 0 Å². The average molecular weight is 345 g/mol. The minimum Gasteiger partial charge on any atom is -0.359 e. The largest absolute Gasteiger partial charge is 0.359 e. The number of rotatable bonds is 6. The van der Waals surface area contributed by atoms with Crippen molar-refractivity contribution in [3.63, 3.8) is 0 Å². The first-order valence-corrected chi connectivity index (χ1v) is 9.20. The number of nitrogens with zero attached hydrogens (tertiary/aromatic N) is 2. The standard InChI is InChI=1S/C18H27N5O2/c1-2-3-6-23-7-4-13(5-8-23)10-21-18(25)14-9-15-17(19-11-14)20-12-16(24)22-15/h9,11,13H,2-8,10,12H2,1H3,(H,19,20)(H,21,25)(H,22,24). The molecule has 2 amide bonds. The van der Waals surface area contributed by atoms with Crippen molar-refractivity contribution in [2.75, 3.05) is 43.4 Å². The third-order valence-electron chi connectivity index (χ3n) is 4.93. The van der Waals surface area contributed by atoms with Gasteiger partial charge in [0.15, 0.2) is 0 Å². The highest BCUT2D eigenvalue weighted by molar-refractivity contribution is 6.02. The van der Waals surface area contributed by atoms with Crippen LogP contribution in [0.1, 0.15) is 43.0 Å². The van der Waals surface area contributed by atoms with Crippen LogP contribution in [0.2, 0.25) is 0 Å². The predicted octanol–water partition coefficient (Wildman–Crippen LogP) is 1.69. The Labute approximate surface area is 148 Å². The molecule has 25 heavy (non-hydrogen) atoms. The van der Waals surface area contributed by atoms with Gasteiger partial charge in [0.25, 0.3) is 5.91 Å². The Balaban J connectivity index is 1.47. The van der Waals surface area contributed by atoms with Gasteiger partial charge in [0.2, 0.25) is 5.91 Å². The summed E-state index contributed by atoms with van der Waals surface area (Å²) in [5, 5.41) is 8.67. The number of nitrogens with one attached hydrogen (secondary N) is 3. The van der Waals surface area contributed by atoms with Crippen molar-refractivity contribution in [1.29, 1.82) is 0 Å². The van der Waals surface area contributed by atoms with Crippen LogP contribution >= 0.6 is 0 Å². The van der Waals surface area contributed by atoms with Crippen LogP contribution in [-0.2, 0) is 4.79 Å². The molecule has 1 aromatic heterocycles. The molecular weight excluding hydrogens is 318 g/mol. The molecule has 0 atom stereocenters. The second-order valence-corrected chi connectivity index (χ2v) is 6.87. The van der Waals surface area contributed by atoms with Crippen LogP contribution in [0.3, 0.4) is 0 Å². The van der Waals surface area contributed by atoms with Gasteiger partial charge in [-0.05, 0) is 50.9 Å². The summed E-state index contributed by atoms with van der Waals surface area (Å²) in [6, 6.07) is 1.68. The van der Waals surface area contributed by atoms with Crippen LogP contribution in [0, 0.1) is 5.92 Å². The fraction of sp³-hybridized carbons (Fsp3) is 0.611. The van der Waals surface area contributed by atoms with Gasteiger partial charge in [-0.25, -0.2) is 4.98 Å². The maximum absolute atomic E-state index is 12.4. The quantitative estimate of drug-likeness (QED) is 0.730. The average Bonchev–Trinajstić information content (AvgIpc) is 2.64. The van der Waals surface area contributed by atoms with Crippen molar-refractivity contribution in [2.24, 2.45) is 5.92 Å². The number of amides is 2. The molecule has 1 aromatic rings. The number of unbranched alkanes of at least 4 members (excludes halogenated alkanes) is 1. The summed E-state index contributed by atoms with van der Waals surface area (Å²) in [5.74, 6) is 0.884. The van der Waals surface area contributed by atoms with Crippen LogP contribution in [0.5, 0.6) is 0 Å². The van der Waals surface area contributed by atoms with E-state index in [1.165, 1.54) is 19.4 Å². The van der Waals surface area contributed by atoms with E-state index in [4.69, 9.17) is 0 Å². The molecule has 0 aliphatic carbocycles. The fourth-order valence-electron chi connectivity index (χ4n) is 3.32. The highest BCUT2D eigenvalue weighted by Crippen LogP contribution is 2.23. The lowest BCUT2D eigenvalue weighted by Gasteiger charge is -2.31. The Morgan fingerprint density at radius 2 is 2.20 bits per heavy atom. The predicted molar refractivity (Wildman–Crippen MR) is 97.8 cm³/mol. The van der Waals surface area contributed by atoms with Gasteiger partial charge in [-0.3, -0.25) is 9.59 Å². The third kappa shape index (κ3) is 4.69. The van der Waals surface area contributed by atoms with Gasteiger partial charge >= 0.3 is 0 Å². The zero-order valence-corrected chi connectivity index (χ0v) is 14.8. The van der Waals surface area contributed by atoms with Crippen LogP contribution in [0.25, 0.3) is 0 Å². The van der Waals surface area contributed by atoms with Crippen molar-refractivity contribution in [2.45, 2.75) is 32.6 Å². The molecule has 0 radical (unpaired) electrons. The molecule has 0 unspecified atom stereocenters. The molecule has 136 valence electrons. The molecule has 0 aromatic carbocycles. The summed E-state index contributed by atoms with van der Waals surface area (Å²) in [6.45, 7) is 6.57. The van der Waals surface area contributed by atoms with Gasteiger partial charge in [0.05, 0.1) is 17.8 Å². The Bertz CT molecular complexity index is 626. The van der Waals surface area contributed by atoms with Gasteiger partial charge < -0.3 is 20.9 Å². The number of pyridine rings is 1. The Morgan fingerprint density at radius 1 is 1.40 bits per heavy atom. The number of hydrogen-bond donors (Lipinski definition) is 3. The number of aromatic nitrogens is 1. The van der Waals surface area contributed by atoms with Gasteiger partial charge in [-0.1, -0.05) is 13.3 Å². The van der Waals surface area contributed by atoms with Crippen molar-refractivity contribution < 1.29 is 9.59 Å². The van der Waals surface area contributed by atoms with E-state index in [1.807, 2.05) is 0 Å². The minimum atomic E-state index is -0.136. The smallest absolute Gasteiger partial charge is 0.252 e. The molecule has 1 saturated heterocycles. The number of carbonyl (C=O) groups excluding carboxylic acids is 2. The third-order valence-corrected chi connectivity index (χ3v) is 4.93. The zero-order valence-electron chi connectivity index (χ0n) is 14.8. The fourth-order valence-corrected chi connectivity index (χ4v) is 3.32. The maximum atomic E-state index is 12.4. The molecule has 1 fully saturated rings. The highest BCUT2D eigenvalue weighted by Gasteiger charge is 2.21. The second-order valence-electron chi connectivity index (χ2n) is 6.87. The van der Waals surface area contributed by atoms with Crippen LogP contribution < -0.4 is 16.0 Å². The number of fused-ring (bicyclic) bond motifs is 1. The van der Waals surface area contributed by atoms with Crippen molar-refractivity contribution in [3.8, 4) is 0 Å². The summed E-state index contributed by atoms with van der Waals surface area (Å²) in [5.41, 5.74) is 1.04. The van der Waals surface area contributed by atoms with Crippen LogP contribution in [0.15, 0.2) is 12.3 Å². The van der Waals surface area contributed by atoms with Gasteiger partial charge in [0, 0.05) is 12.7 Å². The zero-order chi connectivity index (χ0) is 17.6. The molecule has 0 spiro atoms. The SMILES string of the molecule is CCCCN1CCC(CNC(=O)c2cnc3c(c2)NC(=O)CN3)CC1. The van der Waals surface area contributed by atoms with Crippen LogP contribution in [0.4, 0.5) is 11.5 Å². The maximum Gasteiger partial charge on any atom is 0.252 e. The van der Waals surface area contributed by atoms with Crippen LogP contribution in [-0.4, -0.2) is 54.4 Å². The second kappa shape index (κ2) is 8.29. The topological polar surface area (TPSA) is 86.4 Å². The Hall–Kier alpha value is -2.15. The molecular formula is C18H27N5O2. The van der Waals surface area contributed by atoms with Crippen molar-refractivity contribution in [3.05, 3.63) is 17.8 Å². The van der Waals surface area contributed by atoms with Crippen molar-refractivity contribution >= 4 is 23.3 Å². The first-order chi connectivity index (χ1) is 12.2. The van der Waals surface area contributed by atoms with E-state index in [9.17, 15) is 9.59 Å². The Kier molecular flexibility index (Phi) is 5.86. The summed E-state index contributed by atoms with van der Waals surface area (Å²) in [6.07, 6.45) is 6.31. The molecule has 2 aliphatic rings. The summed E-state index contributed by atoms with van der Waals surface area (Å²) in [4.78, 5) is 30.5. The number of hydrogen-bond acceptors (Lipinski definition) is 5. The summed E-state index contributed by atoms with van der Waals surface area (Å²) < 4.78 is 0. The first-order valence-electron chi connectivity index (χ1n) is 9.20. The number of likely N-dealkylation sites (tertiary alicyclic amines) is 1. The van der Waals surface area contributed by atoms with E-state index in [0.29, 0.717) is 29.5 Å². The molecule has 2 aliphatic heterocycles. The lowest BCUT2D eigenvalue weighted by Crippen LogP contribution is -2.39. The van der Waals surface area contributed by atoms with E-state index in [0.717, 1.165) is 25.9 Å². The molecule has 0 saturated carbocycles. The highest BCUT2D eigenvalue weighted by atomic mass is 16.2. The number of anilines is 2. The van der Waals surface area contributed by atoms with E-state index in [1.54, 1.807) is 12.3 Å². The molecule has 3 rings (SSSR count). The molecule has 3 heterocycles. The summed E-state index contributed by atoms with van der Waals surface area (Å²) >= 11 is 0. The van der Waals surface area contributed by atoms with Gasteiger partial charge in [0.1, 0.15) is 5.82 Å². The first kappa shape index (κ1) is 17.7. The molecule has 7 heteroatoms. The monoisotopic (exact) mass is 345 g/mol. The molecule has 3 N–H and O–H groups in total. The van der Waals surface area contributed by atoms with E-state index < -0.39 is 0 Å². The van der Waals surface area contributed by atoms with Crippen molar-refractivity contribution in [1.82, 2.24) is 15.2 Å². The normalized spacial score (nSPS) is 18.2. The minimum absolute atomic E-state index is 0.123. The van der Waals surface area contributed by atoms with E-state index in [-0.39, 0.29) is 18.4 Å².